The fourth-order valence-corrected chi connectivity index (χ4v) is 9.78. The summed E-state index contributed by atoms with van der Waals surface area (Å²) in [6.45, 7) is 0. The topological polar surface area (TPSA) is 0 Å². The Kier molecular flexibility index (Phi) is 13.3. The van der Waals surface area contributed by atoms with Gasteiger partial charge in [0.05, 0.1) is 15.8 Å². The molecule has 0 aliphatic heterocycles. The third-order valence-electron chi connectivity index (χ3n) is 6.37. The maximum Gasteiger partial charge on any atom is 0.102 e. The van der Waals surface area contributed by atoms with Crippen molar-refractivity contribution in [2.75, 3.05) is 0 Å². The van der Waals surface area contributed by atoms with Crippen molar-refractivity contribution in [3.8, 4) is 0 Å². The second-order valence-electron chi connectivity index (χ2n) is 8.95. The first kappa shape index (κ1) is 31.5. The van der Waals surface area contributed by atoms with E-state index < -0.39 is 15.8 Å². The van der Waals surface area contributed by atoms with Gasteiger partial charge in [-0.3, -0.25) is 0 Å². The third-order valence-corrected chi connectivity index (χ3v) is 11.8. The molecule has 40 heavy (non-hydrogen) atoms. The minimum atomic E-state index is -0.877. The molecule has 0 radical (unpaired) electrons. The molecule has 202 valence electrons. The molecule has 0 unspecified atom stereocenters. The Bertz CT molecular complexity index is 1180. The van der Waals surface area contributed by atoms with Crippen LogP contribution >= 0.6 is 15.8 Å². The van der Waals surface area contributed by atoms with E-state index in [0.717, 1.165) is 0 Å². The van der Waals surface area contributed by atoms with Crippen LogP contribution in [0.25, 0.3) is 0 Å². The number of hydrogen-bond acceptors (Lipinski definition) is 0. The summed E-state index contributed by atoms with van der Waals surface area (Å²) in [7, 11) is -1.75. The molecule has 0 nitrogen and oxygen atoms in total. The monoisotopic (exact) mass is 619 g/mol. The van der Waals surface area contributed by atoms with Gasteiger partial charge in [0, 0.05) is 16.5 Å². The van der Waals surface area contributed by atoms with Gasteiger partial charge < -0.3 is 12.4 Å². The van der Waals surface area contributed by atoms with Crippen LogP contribution in [0.2, 0.25) is 0 Å². The molecule has 0 spiro atoms. The first-order valence-electron chi connectivity index (χ1n) is 13.0. The van der Waals surface area contributed by atoms with E-state index in [9.17, 15) is 0 Å². The molecule has 0 saturated heterocycles. The Morgan fingerprint density at radius 3 is 0.475 bits per heavy atom. The van der Waals surface area contributed by atoms with E-state index in [-0.39, 0.29) is 28.9 Å². The minimum Gasteiger partial charge on any atom is -1.00 e. The predicted molar refractivity (Wildman–Crippen MR) is 173 cm³/mol. The molecule has 0 fully saturated rings. The molecular formula is C36H32ClNiP2+. The molecule has 6 aromatic rings. The zero-order valence-corrected chi connectivity index (χ0v) is 25.8. The van der Waals surface area contributed by atoms with Crippen molar-refractivity contribution in [1.82, 2.24) is 0 Å². The van der Waals surface area contributed by atoms with Crippen LogP contribution in [-0.2, 0) is 16.5 Å². The zero-order valence-electron chi connectivity index (χ0n) is 22.0. The van der Waals surface area contributed by atoms with Gasteiger partial charge in [-0.1, -0.05) is 109 Å². The van der Waals surface area contributed by atoms with Gasteiger partial charge in [-0.25, -0.2) is 0 Å². The fourth-order valence-electron chi connectivity index (χ4n) is 4.63. The van der Waals surface area contributed by atoms with Gasteiger partial charge in [0.2, 0.25) is 0 Å². The molecular weight excluding hydrogens is 588 g/mol. The maximum atomic E-state index is 2.24. The number of halogens is 1. The van der Waals surface area contributed by atoms with E-state index in [1.807, 2.05) is 0 Å². The quantitative estimate of drug-likeness (QED) is 0.198. The van der Waals surface area contributed by atoms with Crippen molar-refractivity contribution in [1.29, 1.82) is 0 Å². The van der Waals surface area contributed by atoms with Crippen molar-refractivity contribution in [2.45, 2.75) is 0 Å². The average molecular weight is 621 g/mol. The molecule has 0 N–H and O–H groups in total. The molecule has 0 bridgehead atoms. The Labute approximate surface area is 257 Å². The smallest absolute Gasteiger partial charge is 0.102 e. The molecule has 0 saturated carbocycles. The van der Waals surface area contributed by atoms with E-state index in [0.29, 0.717) is 0 Å². The van der Waals surface area contributed by atoms with Gasteiger partial charge in [-0.05, 0) is 72.8 Å². The van der Waals surface area contributed by atoms with Crippen LogP contribution in [-0.4, -0.2) is 0 Å². The number of benzene rings is 6. The van der Waals surface area contributed by atoms with Crippen LogP contribution in [0.15, 0.2) is 182 Å². The fraction of sp³-hybridized carbons (Fsp3) is 0. The van der Waals surface area contributed by atoms with Gasteiger partial charge in [0.1, 0.15) is 31.8 Å². The SMILES string of the molecule is [Cl-].[Ni].c1ccc([PH+](c2ccccc2)c2ccccc2)cc1.c1ccc([PH+](c2ccccc2)c2ccccc2)cc1. The van der Waals surface area contributed by atoms with Gasteiger partial charge in [0.15, 0.2) is 0 Å². The van der Waals surface area contributed by atoms with E-state index in [4.69, 9.17) is 0 Å². The van der Waals surface area contributed by atoms with Crippen LogP contribution in [0.5, 0.6) is 0 Å². The molecule has 0 atom stereocenters. The normalized spacial score (nSPS) is 10.1. The summed E-state index contributed by atoms with van der Waals surface area (Å²) in [5.41, 5.74) is 0. The Morgan fingerprint density at radius 2 is 0.350 bits per heavy atom. The van der Waals surface area contributed by atoms with Crippen LogP contribution in [0.4, 0.5) is 0 Å². The second kappa shape index (κ2) is 16.9. The van der Waals surface area contributed by atoms with Crippen molar-refractivity contribution in [2.24, 2.45) is 0 Å². The molecule has 0 aliphatic rings. The average Bonchev–Trinajstić information content (AvgIpc) is 3.01. The third kappa shape index (κ3) is 8.48. The Balaban J connectivity index is 0.000000210. The second-order valence-corrected chi connectivity index (χ2v) is 13.9. The van der Waals surface area contributed by atoms with Crippen molar-refractivity contribution < 1.29 is 28.9 Å². The van der Waals surface area contributed by atoms with Crippen LogP contribution in [0, 0.1) is 0 Å². The van der Waals surface area contributed by atoms with Crippen molar-refractivity contribution in [3.05, 3.63) is 182 Å². The van der Waals surface area contributed by atoms with E-state index >= 15 is 0 Å². The minimum absolute atomic E-state index is 0. The van der Waals surface area contributed by atoms with Crippen molar-refractivity contribution >= 4 is 47.7 Å². The molecule has 6 rings (SSSR count). The summed E-state index contributed by atoms with van der Waals surface area (Å²) in [4.78, 5) is 0. The molecule has 0 amide bonds. The molecule has 0 heterocycles. The Hall–Kier alpha value is -3.04. The summed E-state index contributed by atoms with van der Waals surface area (Å²) in [5, 5.41) is 8.61. The van der Waals surface area contributed by atoms with Gasteiger partial charge in [-0.2, -0.15) is 0 Å². The summed E-state index contributed by atoms with van der Waals surface area (Å²) in [6, 6.07) is 65.0. The predicted octanol–water partition coefficient (Wildman–Crippen LogP) is 3.36. The number of hydrogen-bond donors (Lipinski definition) is 0. The van der Waals surface area contributed by atoms with E-state index in [1.165, 1.54) is 31.8 Å². The summed E-state index contributed by atoms with van der Waals surface area (Å²) in [5.74, 6) is 0. The number of rotatable bonds is 6. The molecule has 0 aliphatic carbocycles. The van der Waals surface area contributed by atoms with Crippen LogP contribution in [0.3, 0.4) is 0 Å². The summed E-state index contributed by atoms with van der Waals surface area (Å²) in [6.07, 6.45) is 0. The van der Waals surface area contributed by atoms with E-state index in [1.54, 1.807) is 0 Å². The zero-order chi connectivity index (χ0) is 25.8. The van der Waals surface area contributed by atoms with Gasteiger partial charge in [0.25, 0.3) is 0 Å². The Morgan fingerprint density at radius 1 is 0.225 bits per heavy atom. The molecule has 6 aromatic carbocycles. The standard InChI is InChI=1S/2C18H15P.ClH.Ni/c2*1-4-10-16(11-5-1)19(17-12-6-2-7-13-17)18-14-8-3-9-15-18;;/h2*1-15H;1H;/p+1. The van der Waals surface area contributed by atoms with Crippen LogP contribution < -0.4 is 44.2 Å². The van der Waals surface area contributed by atoms with Gasteiger partial charge >= 0.3 is 0 Å². The largest absolute Gasteiger partial charge is 1.00 e. The van der Waals surface area contributed by atoms with Gasteiger partial charge in [-0.15, -0.1) is 0 Å². The van der Waals surface area contributed by atoms with Crippen LogP contribution in [0.1, 0.15) is 0 Å². The summed E-state index contributed by atoms with van der Waals surface area (Å²) < 4.78 is 0. The maximum absolute atomic E-state index is 2.24. The summed E-state index contributed by atoms with van der Waals surface area (Å²) >= 11 is 0. The molecule has 0 aromatic heterocycles. The first-order chi connectivity index (χ1) is 18.9. The van der Waals surface area contributed by atoms with E-state index in [2.05, 4.69) is 182 Å². The van der Waals surface area contributed by atoms with Crippen molar-refractivity contribution in [3.63, 3.8) is 0 Å². The first-order valence-corrected chi connectivity index (χ1v) is 16.0. The molecule has 4 heteroatoms.